The van der Waals surface area contributed by atoms with E-state index in [0.29, 0.717) is 36.4 Å². The molecule has 5 aliphatic rings. The molecule has 4 fully saturated rings. The maximum absolute atomic E-state index is 14.5. The number of carboxylic acids is 1. The van der Waals surface area contributed by atoms with Crippen LogP contribution in [-0.4, -0.2) is 95.8 Å². The van der Waals surface area contributed by atoms with Crippen LogP contribution >= 0.6 is 11.6 Å². The summed E-state index contributed by atoms with van der Waals surface area (Å²) in [5.41, 5.74) is 7.79. The van der Waals surface area contributed by atoms with Gasteiger partial charge in [-0.3, -0.25) is 19.3 Å². The maximum atomic E-state index is 14.5. The molecule has 0 aromatic heterocycles. The van der Waals surface area contributed by atoms with Gasteiger partial charge in [0.2, 0.25) is 0 Å². The molecule has 1 unspecified atom stereocenters. The molecule has 1 aromatic rings. The molecule has 10 heteroatoms. The lowest BCUT2D eigenvalue weighted by molar-refractivity contribution is -0.869. The monoisotopic (exact) mass is 839 g/mol. The van der Waals surface area contributed by atoms with Gasteiger partial charge in [0.15, 0.2) is 5.78 Å². The Morgan fingerprint density at radius 2 is 1.59 bits per heavy atom. The first kappa shape index (κ1) is 46.2. The molecule has 4 saturated carbocycles. The van der Waals surface area contributed by atoms with E-state index in [1.165, 1.54) is 0 Å². The van der Waals surface area contributed by atoms with Crippen LogP contribution in [0.4, 0.5) is 0 Å². The molecule has 0 bridgehead atoms. The van der Waals surface area contributed by atoms with Gasteiger partial charge in [0, 0.05) is 47.4 Å². The lowest BCUT2D eigenvalue weighted by Gasteiger charge is -2.74. The number of benzene rings is 1. The van der Waals surface area contributed by atoms with Gasteiger partial charge in [-0.05, 0) is 128 Å². The molecule has 0 radical (unpaired) electrons. The number of aliphatic hydroxyl groups is 1. The number of halogens is 1. The number of ketones is 1. The van der Waals surface area contributed by atoms with Crippen molar-refractivity contribution >= 4 is 29.3 Å². The largest absolute Gasteiger partial charge is 0.481 e. The predicted octanol–water partition coefficient (Wildman–Crippen LogP) is 8.68. The number of nitrogens with zero attached hydrogens (tertiary/aromatic N) is 2. The van der Waals surface area contributed by atoms with E-state index in [0.717, 1.165) is 85.6 Å². The number of aliphatic carboxylic acids is 1. The third kappa shape index (κ3) is 7.67. The van der Waals surface area contributed by atoms with Crippen LogP contribution in [0.1, 0.15) is 132 Å². The minimum Gasteiger partial charge on any atom is -0.481 e. The summed E-state index contributed by atoms with van der Waals surface area (Å²) in [6.45, 7) is 22.2. The van der Waals surface area contributed by atoms with Gasteiger partial charge in [-0.15, -0.1) is 0 Å². The molecule has 4 N–H and O–H groups in total. The number of fused-ring (bicyclic) bond motifs is 7. The zero-order chi connectivity index (χ0) is 43.9. The van der Waals surface area contributed by atoms with Crippen LogP contribution in [0.15, 0.2) is 35.4 Å². The smallest absolute Gasteiger partial charge is 0.309 e. The second-order valence-electron chi connectivity index (χ2n) is 23.2. The second kappa shape index (κ2) is 15.5. The van der Waals surface area contributed by atoms with E-state index < -0.39 is 34.4 Å². The topological polar surface area (TPSA) is 130 Å². The van der Waals surface area contributed by atoms with Gasteiger partial charge in [0.05, 0.1) is 45.6 Å². The first-order chi connectivity index (χ1) is 27.1. The third-order valence-corrected chi connectivity index (χ3v) is 17.9. The summed E-state index contributed by atoms with van der Waals surface area (Å²) in [5.74, 6) is -0.604. The lowest BCUT2D eigenvalue weighted by atomic mass is 9.31. The van der Waals surface area contributed by atoms with E-state index in [9.17, 15) is 24.6 Å². The average molecular weight is 840 g/mol. The van der Waals surface area contributed by atoms with E-state index in [2.05, 4.69) is 86.6 Å². The van der Waals surface area contributed by atoms with Crippen molar-refractivity contribution in [2.45, 2.75) is 151 Å². The summed E-state index contributed by atoms with van der Waals surface area (Å²) in [7, 11) is 6.58. The number of rotatable bonds is 13. The molecule has 0 spiro atoms. The maximum Gasteiger partial charge on any atom is 0.309 e. The zero-order valence-corrected chi connectivity index (χ0v) is 39.2. The molecule has 0 heterocycles. The Kier molecular flexibility index (Phi) is 12.1. The standard InChI is InChI=1S/C49H76ClN3O6/c1-31(2)40-34(54)27-48(37(55)30-52(25-26-53(10,11)12)29-32-13-15-33(50)16-14-32)24-23-47(9)46(8)21-17-35-44(5,6)38(59-39(56)28-43(3,4)42(57)58)19-20-45(35,7)36(46)18-22-49(47,51)41(40)48/h13-16,31,35-38,55H,17-30,51H2,1-12H3/p+1/t35-,36+,37+,38-,45-,46+,47-,48-,49?/m0/s1. The normalized spacial score (nSPS) is 36.2. The summed E-state index contributed by atoms with van der Waals surface area (Å²) in [5, 5.41) is 23.2. The Balaban J connectivity index is 1.32. The molecule has 0 aliphatic heterocycles. The number of likely N-dealkylation sites (N-methyl/N-ethyl adjacent to an activating group) is 1. The summed E-state index contributed by atoms with van der Waals surface area (Å²) in [6.07, 6.45) is 6.00. The number of Topliss-reactive ketones (excluding diaryl/α,β-unsaturated/α-hetero) is 1. The Bertz CT molecular complexity index is 1830. The highest BCUT2D eigenvalue weighted by Crippen LogP contribution is 2.77. The van der Waals surface area contributed by atoms with E-state index in [1.807, 2.05) is 12.1 Å². The Morgan fingerprint density at radius 1 is 0.966 bits per heavy atom. The van der Waals surface area contributed by atoms with E-state index in [4.69, 9.17) is 22.1 Å². The molecule has 59 heavy (non-hydrogen) atoms. The van der Waals surface area contributed by atoms with Crippen LogP contribution in [0.5, 0.6) is 0 Å². The number of nitrogens with two attached hydrogens (primary N) is 1. The van der Waals surface area contributed by atoms with Crippen LogP contribution in [0.25, 0.3) is 0 Å². The van der Waals surface area contributed by atoms with Crippen molar-refractivity contribution in [3.63, 3.8) is 0 Å². The Morgan fingerprint density at radius 3 is 2.19 bits per heavy atom. The SMILES string of the molecule is CC(C)C1=C2C3(N)CC[C@@H]4[C@@]5(C)CC[C@H](OC(=O)CC(C)(C)C(=O)O)C(C)(C)[C@@H]5CC[C@@]4(C)[C@]3(C)CC[C@@]2([C@H](O)CN(CC[N+](C)(C)C)Cc2ccc(Cl)cc2)CC1=O. The fourth-order valence-electron chi connectivity index (χ4n) is 14.0. The van der Waals surface area contributed by atoms with Crippen LogP contribution < -0.4 is 5.73 Å². The fraction of sp³-hybridized carbons (Fsp3) is 0.776. The van der Waals surface area contributed by atoms with Crippen LogP contribution in [0.2, 0.25) is 5.02 Å². The molecule has 9 atom stereocenters. The summed E-state index contributed by atoms with van der Waals surface area (Å²) < 4.78 is 7.00. The molecule has 330 valence electrons. The predicted molar refractivity (Wildman–Crippen MR) is 234 cm³/mol. The summed E-state index contributed by atoms with van der Waals surface area (Å²) in [6, 6.07) is 7.97. The highest BCUT2D eigenvalue weighted by atomic mass is 35.5. The van der Waals surface area contributed by atoms with Crippen molar-refractivity contribution in [1.29, 1.82) is 0 Å². The Labute approximate surface area is 360 Å². The number of ether oxygens (including phenoxy) is 1. The Hall–Kier alpha value is -2.30. The van der Waals surface area contributed by atoms with Gasteiger partial charge >= 0.3 is 11.9 Å². The quantitative estimate of drug-likeness (QED) is 0.133. The van der Waals surface area contributed by atoms with Crippen LogP contribution in [0.3, 0.4) is 0 Å². The number of aliphatic hydroxyl groups excluding tert-OH is 1. The third-order valence-electron chi connectivity index (χ3n) is 17.6. The van der Waals surface area contributed by atoms with E-state index in [-0.39, 0.29) is 45.9 Å². The minimum absolute atomic E-state index is 0.00337. The van der Waals surface area contributed by atoms with Gasteiger partial charge < -0.3 is 25.2 Å². The number of quaternary nitrogens is 1. The first-order valence-electron chi connectivity index (χ1n) is 22.5. The molecule has 0 saturated heterocycles. The van der Waals surface area contributed by atoms with Crippen molar-refractivity contribution in [1.82, 2.24) is 4.90 Å². The zero-order valence-electron chi connectivity index (χ0n) is 38.5. The fourth-order valence-corrected chi connectivity index (χ4v) is 14.1. The molecule has 1 aromatic carbocycles. The average Bonchev–Trinajstić information content (AvgIpc) is 3.44. The molecule has 5 aliphatic carbocycles. The van der Waals surface area contributed by atoms with E-state index in [1.54, 1.807) is 13.8 Å². The van der Waals surface area contributed by atoms with Crippen molar-refractivity contribution in [3.8, 4) is 0 Å². The van der Waals surface area contributed by atoms with Crippen LogP contribution in [0, 0.1) is 50.2 Å². The molecule has 9 nitrogen and oxygen atoms in total. The van der Waals surface area contributed by atoms with Gasteiger partial charge in [0.25, 0.3) is 0 Å². The van der Waals surface area contributed by atoms with Gasteiger partial charge in [-0.2, -0.15) is 0 Å². The lowest BCUT2D eigenvalue weighted by Crippen LogP contribution is -2.74. The number of allylic oxidation sites excluding steroid dienone is 1. The molecular formula is C49H77ClN3O6+. The first-order valence-corrected chi connectivity index (χ1v) is 22.9. The number of hydrogen-bond acceptors (Lipinski definition) is 7. The summed E-state index contributed by atoms with van der Waals surface area (Å²) >= 11 is 6.27. The number of carboxylic acid groups (broad SMARTS) is 1. The second-order valence-corrected chi connectivity index (χ2v) is 23.6. The molecule has 0 amide bonds. The minimum atomic E-state index is -1.19. The van der Waals surface area contributed by atoms with Crippen molar-refractivity contribution in [3.05, 3.63) is 46.0 Å². The van der Waals surface area contributed by atoms with Crippen LogP contribution in [-0.2, 0) is 25.7 Å². The number of carbonyl (C=O) groups is 3. The van der Waals surface area contributed by atoms with Crippen molar-refractivity contribution in [2.24, 2.45) is 56.0 Å². The summed E-state index contributed by atoms with van der Waals surface area (Å²) in [4.78, 5) is 41.8. The molecular weight excluding hydrogens is 762 g/mol. The highest BCUT2D eigenvalue weighted by molar-refractivity contribution is 6.30. The van der Waals surface area contributed by atoms with Gasteiger partial charge in [-0.25, -0.2) is 0 Å². The van der Waals surface area contributed by atoms with E-state index >= 15 is 0 Å². The van der Waals surface area contributed by atoms with Gasteiger partial charge in [-0.1, -0.05) is 72.2 Å². The van der Waals surface area contributed by atoms with Crippen molar-refractivity contribution < 1.29 is 33.8 Å². The number of hydrogen-bond donors (Lipinski definition) is 3. The molecule has 6 rings (SSSR count). The number of esters is 1. The number of carbonyl (C=O) groups excluding carboxylic acids is 2. The highest BCUT2D eigenvalue weighted by Gasteiger charge is 2.74. The van der Waals surface area contributed by atoms with Crippen molar-refractivity contribution in [2.75, 3.05) is 40.8 Å². The van der Waals surface area contributed by atoms with Gasteiger partial charge in [0.1, 0.15) is 6.10 Å².